The summed E-state index contributed by atoms with van der Waals surface area (Å²) in [6, 6.07) is 25.8. The second-order valence-electron chi connectivity index (χ2n) is 9.89. The zero-order valence-corrected chi connectivity index (χ0v) is 26.3. The lowest BCUT2D eigenvalue weighted by Crippen LogP contribution is -2.29. The first-order valence-corrected chi connectivity index (χ1v) is 16.1. The molecule has 0 spiro atoms. The molecule has 1 N–H and O–H groups in total. The van der Waals surface area contributed by atoms with E-state index in [-0.39, 0.29) is 16.3 Å². The van der Waals surface area contributed by atoms with E-state index in [1.54, 1.807) is 36.4 Å². The minimum atomic E-state index is -1.03. The molecule has 1 unspecified atom stereocenters. The molecule has 0 saturated carbocycles. The van der Waals surface area contributed by atoms with Crippen molar-refractivity contribution >= 4 is 68.9 Å². The summed E-state index contributed by atoms with van der Waals surface area (Å²) >= 11 is 14.8. The highest BCUT2D eigenvalue weighted by Crippen LogP contribution is 2.44. The van der Waals surface area contributed by atoms with Gasteiger partial charge in [-0.25, -0.2) is 4.39 Å². The molecule has 1 fully saturated rings. The monoisotopic (exact) mass is 677 g/mol. The number of aliphatic hydroxyl groups excluding tert-OH is 1. The third kappa shape index (κ3) is 6.74. The highest BCUT2D eigenvalue weighted by Gasteiger charge is 2.48. The van der Waals surface area contributed by atoms with E-state index in [2.05, 4.69) is 10.2 Å². The number of hydrogen-bond donors (Lipinski definition) is 1. The molecule has 7 nitrogen and oxygen atoms in total. The van der Waals surface area contributed by atoms with Crippen LogP contribution in [0.4, 0.5) is 9.52 Å². The molecule has 1 saturated heterocycles. The number of rotatable bonds is 9. The van der Waals surface area contributed by atoms with E-state index in [0.717, 1.165) is 22.5 Å². The van der Waals surface area contributed by atoms with Crippen LogP contribution in [0.2, 0.25) is 10.0 Å². The summed E-state index contributed by atoms with van der Waals surface area (Å²) in [7, 11) is 0. The van der Waals surface area contributed by atoms with Crippen LogP contribution < -0.4 is 9.64 Å². The Balaban J connectivity index is 1.33. The lowest BCUT2D eigenvalue weighted by Gasteiger charge is -2.22. The van der Waals surface area contributed by atoms with Crippen molar-refractivity contribution in [3.05, 3.63) is 141 Å². The maximum atomic E-state index is 13.6. The Morgan fingerprint density at radius 1 is 0.956 bits per heavy atom. The Kier molecular flexibility index (Phi) is 9.18. The molecule has 45 heavy (non-hydrogen) atoms. The summed E-state index contributed by atoms with van der Waals surface area (Å²) in [6.07, 6.45) is 0. The summed E-state index contributed by atoms with van der Waals surface area (Å²) in [5.74, 6) is -1.66. The molecule has 5 aromatic rings. The fraction of sp³-hybridized carbons (Fsp3) is 0.0909. The molecule has 0 bridgehead atoms. The van der Waals surface area contributed by atoms with Gasteiger partial charge in [-0.1, -0.05) is 94.8 Å². The summed E-state index contributed by atoms with van der Waals surface area (Å²) < 4.78 is 20.1. The molecule has 1 aromatic heterocycles. The Bertz CT molecular complexity index is 1900. The second kappa shape index (κ2) is 13.4. The summed E-state index contributed by atoms with van der Waals surface area (Å²) in [4.78, 5) is 28.2. The van der Waals surface area contributed by atoms with Crippen LogP contribution in [-0.2, 0) is 21.9 Å². The number of ether oxygens (including phenoxy) is 1. The van der Waals surface area contributed by atoms with Gasteiger partial charge in [0.1, 0.15) is 23.9 Å². The van der Waals surface area contributed by atoms with Gasteiger partial charge < -0.3 is 9.84 Å². The Hall–Kier alpha value is -4.22. The quantitative estimate of drug-likeness (QED) is 0.0550. The lowest BCUT2D eigenvalue weighted by atomic mass is 9.95. The van der Waals surface area contributed by atoms with E-state index < -0.39 is 29.3 Å². The number of carbonyl (C=O) groups excluding carboxylic acids is 2. The zero-order valence-electron chi connectivity index (χ0n) is 23.2. The van der Waals surface area contributed by atoms with Crippen molar-refractivity contribution in [3.8, 4) is 5.75 Å². The number of benzene rings is 4. The van der Waals surface area contributed by atoms with Crippen LogP contribution in [-0.4, -0.2) is 27.0 Å². The number of amides is 1. The number of carbonyl (C=O) groups is 2. The number of ketones is 1. The molecule has 12 heteroatoms. The van der Waals surface area contributed by atoms with Gasteiger partial charge in [-0.05, 0) is 65.2 Å². The van der Waals surface area contributed by atoms with E-state index in [1.807, 2.05) is 36.4 Å². The predicted molar refractivity (Wildman–Crippen MR) is 174 cm³/mol. The SMILES string of the molecule is O=C1C(=O)N(c2nnc(SCc3ccc(Cl)cc3Cl)s2)C(c2ccc(OCc3ccccc3)cc2)/C1=C(/O)c1ccc(F)cc1. The van der Waals surface area contributed by atoms with E-state index in [4.69, 9.17) is 27.9 Å². The fourth-order valence-corrected chi connectivity index (χ4v) is 7.16. The average molecular weight is 679 g/mol. The molecule has 1 aliphatic rings. The largest absolute Gasteiger partial charge is 0.507 e. The van der Waals surface area contributed by atoms with Crippen LogP contribution in [0.3, 0.4) is 0 Å². The molecular weight excluding hydrogens is 656 g/mol. The van der Waals surface area contributed by atoms with Gasteiger partial charge in [0, 0.05) is 21.4 Å². The topological polar surface area (TPSA) is 92.6 Å². The summed E-state index contributed by atoms with van der Waals surface area (Å²) in [5.41, 5.74) is 2.41. The van der Waals surface area contributed by atoms with E-state index in [9.17, 15) is 19.1 Å². The molecule has 1 atom stereocenters. The molecule has 226 valence electrons. The Labute approximate surface area is 275 Å². The van der Waals surface area contributed by atoms with Crippen molar-refractivity contribution in [2.75, 3.05) is 4.90 Å². The number of aromatic nitrogens is 2. The smallest absolute Gasteiger partial charge is 0.301 e. The van der Waals surface area contributed by atoms with Gasteiger partial charge in [0.15, 0.2) is 4.34 Å². The van der Waals surface area contributed by atoms with Gasteiger partial charge in [0.25, 0.3) is 5.78 Å². The number of thioether (sulfide) groups is 1. The third-order valence-electron chi connectivity index (χ3n) is 6.97. The molecule has 1 amide bonds. The van der Waals surface area contributed by atoms with Crippen LogP contribution in [0.25, 0.3) is 5.76 Å². The van der Waals surface area contributed by atoms with Crippen LogP contribution >= 0.6 is 46.3 Å². The minimum Gasteiger partial charge on any atom is -0.507 e. The maximum Gasteiger partial charge on any atom is 0.301 e. The van der Waals surface area contributed by atoms with E-state index >= 15 is 0 Å². The van der Waals surface area contributed by atoms with Crippen molar-refractivity contribution in [3.63, 3.8) is 0 Å². The standard InChI is InChI=1S/C33H22Cl2FN3O4S2/c34-23-11-6-22(26(35)16-23)18-44-33-38-37-32(45-33)39-28(20-9-14-25(15-10-20)43-17-19-4-2-1-3-5-19)27(30(41)31(39)42)29(40)21-7-12-24(36)13-8-21/h1-16,28,40H,17-18H2/b29-27-. The molecular formula is C33H22Cl2FN3O4S2. The van der Waals surface area contributed by atoms with Gasteiger partial charge in [-0.2, -0.15) is 0 Å². The summed E-state index contributed by atoms with van der Waals surface area (Å²) in [5, 5.41) is 21.0. The fourth-order valence-electron chi connectivity index (χ4n) is 4.73. The lowest BCUT2D eigenvalue weighted by molar-refractivity contribution is -0.132. The predicted octanol–water partition coefficient (Wildman–Crippen LogP) is 8.48. The number of Topliss-reactive ketones (excluding diaryl/α,β-unsaturated/α-hetero) is 1. The molecule has 2 heterocycles. The number of aliphatic hydroxyl groups is 1. The van der Waals surface area contributed by atoms with Gasteiger partial charge in [0.2, 0.25) is 5.13 Å². The molecule has 4 aromatic carbocycles. The van der Waals surface area contributed by atoms with Crippen LogP contribution in [0, 0.1) is 5.82 Å². The highest BCUT2D eigenvalue weighted by molar-refractivity contribution is 8.00. The van der Waals surface area contributed by atoms with Crippen molar-refractivity contribution in [2.24, 2.45) is 0 Å². The summed E-state index contributed by atoms with van der Waals surface area (Å²) in [6.45, 7) is 0.357. The second-order valence-corrected chi connectivity index (χ2v) is 12.9. The van der Waals surface area contributed by atoms with E-state index in [1.165, 1.54) is 40.9 Å². The van der Waals surface area contributed by atoms with Gasteiger partial charge in [0.05, 0.1) is 11.6 Å². The van der Waals surface area contributed by atoms with Crippen LogP contribution in [0.5, 0.6) is 5.75 Å². The van der Waals surface area contributed by atoms with Crippen molar-refractivity contribution in [1.29, 1.82) is 0 Å². The molecule has 0 aliphatic carbocycles. The zero-order chi connectivity index (χ0) is 31.5. The highest BCUT2D eigenvalue weighted by atomic mass is 35.5. The van der Waals surface area contributed by atoms with Gasteiger partial charge in [-0.3, -0.25) is 14.5 Å². The first-order chi connectivity index (χ1) is 21.8. The molecule has 1 aliphatic heterocycles. The van der Waals surface area contributed by atoms with Crippen LogP contribution in [0.1, 0.15) is 28.3 Å². The minimum absolute atomic E-state index is 0.151. The van der Waals surface area contributed by atoms with Gasteiger partial charge >= 0.3 is 5.91 Å². The Morgan fingerprint density at radius 3 is 2.40 bits per heavy atom. The molecule has 0 radical (unpaired) electrons. The molecule has 6 rings (SSSR count). The van der Waals surface area contributed by atoms with Gasteiger partial charge in [-0.15, -0.1) is 10.2 Å². The number of nitrogens with zero attached hydrogens (tertiary/aromatic N) is 3. The number of halogens is 3. The van der Waals surface area contributed by atoms with Crippen LogP contribution in [0.15, 0.2) is 107 Å². The normalized spacial score (nSPS) is 15.9. The first kappa shape index (κ1) is 30.8. The van der Waals surface area contributed by atoms with E-state index in [0.29, 0.717) is 38.1 Å². The maximum absolute atomic E-state index is 13.6. The van der Waals surface area contributed by atoms with Crippen molar-refractivity contribution in [2.45, 2.75) is 22.7 Å². The first-order valence-electron chi connectivity index (χ1n) is 13.5. The Morgan fingerprint density at radius 2 is 1.69 bits per heavy atom. The van der Waals surface area contributed by atoms with Crippen molar-refractivity contribution in [1.82, 2.24) is 10.2 Å². The van der Waals surface area contributed by atoms with Crippen molar-refractivity contribution < 1.29 is 23.8 Å². The number of anilines is 1. The average Bonchev–Trinajstić information content (AvgIpc) is 3.62. The number of hydrogen-bond acceptors (Lipinski definition) is 8. The third-order valence-corrected chi connectivity index (χ3v) is 9.67.